The van der Waals surface area contributed by atoms with E-state index in [2.05, 4.69) is 13.8 Å². The van der Waals surface area contributed by atoms with Crippen molar-refractivity contribution in [3.63, 3.8) is 0 Å². The van der Waals surface area contributed by atoms with Gasteiger partial charge in [-0.05, 0) is 13.3 Å². The summed E-state index contributed by atoms with van der Waals surface area (Å²) in [5.74, 6) is 0. The number of hydrogen-bond donors (Lipinski definition) is 1. The summed E-state index contributed by atoms with van der Waals surface area (Å²) in [4.78, 5) is 10.1. The number of aliphatic hydroxyl groups is 1. The molecule has 0 aliphatic carbocycles. The highest BCUT2D eigenvalue weighted by molar-refractivity contribution is 4.89. The lowest BCUT2D eigenvalue weighted by molar-refractivity contribution is -0.286. The second-order valence-corrected chi connectivity index (χ2v) is 7.41. The SMILES string of the molecule is [CH2]C(O)C=CCOOCCCCCCCCCCCCCCCCCC. The van der Waals surface area contributed by atoms with Crippen LogP contribution in [-0.2, 0) is 9.78 Å². The minimum absolute atomic E-state index is 0.367. The van der Waals surface area contributed by atoms with E-state index >= 15 is 0 Å². The third-order valence-electron chi connectivity index (χ3n) is 4.69. The molecule has 0 rings (SSSR count). The smallest absolute Gasteiger partial charge is 0.100 e. The van der Waals surface area contributed by atoms with Crippen LogP contribution in [0.5, 0.6) is 0 Å². The van der Waals surface area contributed by atoms with E-state index in [1.54, 1.807) is 12.2 Å². The second kappa shape index (κ2) is 22.7. The van der Waals surface area contributed by atoms with Gasteiger partial charge in [-0.2, -0.15) is 0 Å². The Morgan fingerprint density at radius 2 is 1.12 bits per heavy atom. The van der Waals surface area contributed by atoms with E-state index in [1.807, 2.05) is 0 Å². The van der Waals surface area contributed by atoms with Crippen LogP contribution in [-0.4, -0.2) is 24.4 Å². The molecule has 0 heterocycles. The minimum Gasteiger partial charge on any atom is -0.389 e. The first-order valence-corrected chi connectivity index (χ1v) is 11.2. The van der Waals surface area contributed by atoms with Crippen LogP contribution in [0.2, 0.25) is 0 Å². The van der Waals surface area contributed by atoms with Crippen molar-refractivity contribution in [3.8, 4) is 0 Å². The van der Waals surface area contributed by atoms with Crippen molar-refractivity contribution in [1.82, 2.24) is 0 Å². The summed E-state index contributed by atoms with van der Waals surface area (Å²) in [6.07, 6.45) is 24.6. The molecule has 0 saturated carbocycles. The van der Waals surface area contributed by atoms with Gasteiger partial charge < -0.3 is 5.11 Å². The first-order valence-electron chi connectivity index (χ1n) is 11.2. The van der Waals surface area contributed by atoms with Gasteiger partial charge in [0.2, 0.25) is 0 Å². The van der Waals surface area contributed by atoms with Gasteiger partial charge in [-0.25, -0.2) is 9.78 Å². The average molecular weight is 370 g/mol. The van der Waals surface area contributed by atoms with Crippen LogP contribution in [0.4, 0.5) is 0 Å². The maximum absolute atomic E-state index is 8.92. The molecule has 0 amide bonds. The van der Waals surface area contributed by atoms with Gasteiger partial charge in [-0.3, -0.25) is 0 Å². The average Bonchev–Trinajstić information content (AvgIpc) is 2.62. The molecule has 0 aromatic heterocycles. The Balaban J connectivity index is 3.01. The molecular weight excluding hydrogens is 324 g/mol. The van der Waals surface area contributed by atoms with Gasteiger partial charge >= 0.3 is 0 Å². The van der Waals surface area contributed by atoms with Gasteiger partial charge in [0.05, 0.1) is 12.7 Å². The topological polar surface area (TPSA) is 38.7 Å². The molecule has 0 aromatic rings. The zero-order valence-electron chi connectivity index (χ0n) is 17.4. The first-order chi connectivity index (χ1) is 12.8. The summed E-state index contributed by atoms with van der Waals surface area (Å²) in [5, 5.41) is 8.92. The lowest BCUT2D eigenvalue weighted by Crippen LogP contribution is -1.99. The molecule has 0 saturated heterocycles. The van der Waals surface area contributed by atoms with Gasteiger partial charge in [0, 0.05) is 0 Å². The van der Waals surface area contributed by atoms with Crippen LogP contribution >= 0.6 is 0 Å². The van der Waals surface area contributed by atoms with Gasteiger partial charge in [0.1, 0.15) is 6.61 Å². The third kappa shape index (κ3) is 23.6. The van der Waals surface area contributed by atoms with E-state index in [0.29, 0.717) is 13.2 Å². The van der Waals surface area contributed by atoms with Crippen molar-refractivity contribution in [2.24, 2.45) is 0 Å². The molecule has 1 N–H and O–H groups in total. The van der Waals surface area contributed by atoms with Crippen molar-refractivity contribution in [2.75, 3.05) is 13.2 Å². The lowest BCUT2D eigenvalue weighted by Gasteiger charge is -2.04. The molecule has 0 bridgehead atoms. The van der Waals surface area contributed by atoms with Crippen LogP contribution in [0.15, 0.2) is 12.2 Å². The van der Waals surface area contributed by atoms with Crippen LogP contribution in [0.25, 0.3) is 0 Å². The molecule has 0 aromatic carbocycles. The number of hydrogen-bond acceptors (Lipinski definition) is 3. The van der Waals surface area contributed by atoms with Gasteiger partial charge in [-0.15, -0.1) is 0 Å². The van der Waals surface area contributed by atoms with Gasteiger partial charge in [-0.1, -0.05) is 115 Å². The molecule has 1 radical (unpaired) electrons. The summed E-state index contributed by atoms with van der Waals surface area (Å²) in [5.41, 5.74) is 0. The van der Waals surface area contributed by atoms with Crippen molar-refractivity contribution in [3.05, 3.63) is 19.1 Å². The Bertz CT molecular complexity index is 277. The Hall–Kier alpha value is -0.380. The predicted octanol–water partition coefficient (Wildman–Crippen LogP) is 6.95. The quantitative estimate of drug-likeness (QED) is 0.103. The molecule has 1 atom stereocenters. The molecule has 3 nitrogen and oxygen atoms in total. The zero-order valence-corrected chi connectivity index (χ0v) is 17.4. The minimum atomic E-state index is -0.668. The summed E-state index contributed by atoms with van der Waals surface area (Å²) in [6, 6.07) is 0. The maximum atomic E-state index is 8.92. The molecule has 0 aliphatic heterocycles. The molecule has 3 heteroatoms. The fourth-order valence-electron chi connectivity index (χ4n) is 3.07. The standard InChI is InChI=1S/C23H45O3/c1-3-4-5-6-7-8-9-10-11-12-13-14-15-16-17-18-21-25-26-22-19-20-23(2)24/h19-20,23-24H,2-18,21-22H2,1H3. The second-order valence-electron chi connectivity index (χ2n) is 7.41. The fourth-order valence-corrected chi connectivity index (χ4v) is 3.07. The highest BCUT2D eigenvalue weighted by atomic mass is 17.2. The molecule has 0 aliphatic rings. The molecule has 26 heavy (non-hydrogen) atoms. The van der Waals surface area contributed by atoms with Crippen LogP contribution < -0.4 is 0 Å². The highest BCUT2D eigenvalue weighted by Crippen LogP contribution is 2.13. The Morgan fingerprint density at radius 3 is 1.54 bits per heavy atom. The summed E-state index contributed by atoms with van der Waals surface area (Å²) in [7, 11) is 0. The van der Waals surface area contributed by atoms with Crippen LogP contribution in [0, 0.1) is 6.92 Å². The van der Waals surface area contributed by atoms with Crippen molar-refractivity contribution >= 4 is 0 Å². The van der Waals surface area contributed by atoms with Crippen LogP contribution in [0.3, 0.4) is 0 Å². The number of rotatable bonds is 21. The fraction of sp³-hybridized carbons (Fsp3) is 0.870. The van der Waals surface area contributed by atoms with E-state index in [1.165, 1.54) is 96.3 Å². The van der Waals surface area contributed by atoms with Crippen molar-refractivity contribution in [2.45, 2.75) is 116 Å². The van der Waals surface area contributed by atoms with E-state index < -0.39 is 6.10 Å². The first kappa shape index (κ1) is 25.6. The molecule has 0 spiro atoms. The van der Waals surface area contributed by atoms with E-state index in [4.69, 9.17) is 14.9 Å². The summed E-state index contributed by atoms with van der Waals surface area (Å²) >= 11 is 0. The van der Waals surface area contributed by atoms with Crippen molar-refractivity contribution < 1.29 is 14.9 Å². The Morgan fingerprint density at radius 1 is 0.692 bits per heavy atom. The monoisotopic (exact) mass is 369 g/mol. The highest BCUT2D eigenvalue weighted by Gasteiger charge is 1.95. The molecule has 0 fully saturated rings. The summed E-state index contributed by atoms with van der Waals surface area (Å²) < 4.78 is 0. The maximum Gasteiger partial charge on any atom is 0.100 e. The number of unbranched alkanes of at least 4 members (excludes halogenated alkanes) is 15. The third-order valence-corrected chi connectivity index (χ3v) is 4.69. The molecule has 155 valence electrons. The van der Waals surface area contributed by atoms with E-state index in [0.717, 1.165) is 6.42 Å². The predicted molar refractivity (Wildman–Crippen MR) is 112 cm³/mol. The largest absolute Gasteiger partial charge is 0.389 e. The van der Waals surface area contributed by atoms with Crippen molar-refractivity contribution in [1.29, 1.82) is 0 Å². The Labute approximate surface area is 163 Å². The van der Waals surface area contributed by atoms with E-state index in [9.17, 15) is 0 Å². The normalized spacial score (nSPS) is 12.9. The Kier molecular flexibility index (Phi) is 22.3. The molecule has 1 unspecified atom stereocenters. The zero-order chi connectivity index (χ0) is 19.1. The van der Waals surface area contributed by atoms with Gasteiger partial charge in [0.15, 0.2) is 0 Å². The van der Waals surface area contributed by atoms with Gasteiger partial charge in [0.25, 0.3) is 0 Å². The number of aliphatic hydroxyl groups excluding tert-OH is 1. The lowest BCUT2D eigenvalue weighted by atomic mass is 10.0. The summed E-state index contributed by atoms with van der Waals surface area (Å²) in [6.45, 7) is 6.73. The molecular formula is C23H45O3. The van der Waals surface area contributed by atoms with Crippen LogP contribution in [0.1, 0.15) is 110 Å². The van der Waals surface area contributed by atoms with E-state index in [-0.39, 0.29) is 0 Å².